The van der Waals surface area contributed by atoms with Gasteiger partial charge in [0.2, 0.25) is 0 Å². The van der Waals surface area contributed by atoms with Crippen molar-refractivity contribution in [1.82, 2.24) is 4.98 Å². The summed E-state index contributed by atoms with van der Waals surface area (Å²) in [5.41, 5.74) is 7.30. The number of nitrogens with one attached hydrogen (secondary N) is 1. The van der Waals surface area contributed by atoms with Crippen LogP contribution in [0, 0.1) is 6.92 Å². The molecule has 0 spiro atoms. The van der Waals surface area contributed by atoms with Crippen molar-refractivity contribution in [2.75, 3.05) is 19.5 Å². The zero-order chi connectivity index (χ0) is 26.2. The van der Waals surface area contributed by atoms with Crippen LogP contribution in [0.5, 0.6) is 11.5 Å². The van der Waals surface area contributed by atoms with E-state index in [0.29, 0.717) is 22.8 Å². The summed E-state index contributed by atoms with van der Waals surface area (Å²) in [4.78, 5) is 19.8. The van der Waals surface area contributed by atoms with Crippen molar-refractivity contribution in [3.8, 4) is 33.9 Å². The summed E-state index contributed by atoms with van der Waals surface area (Å²) in [5, 5.41) is 3.15. The van der Waals surface area contributed by atoms with Crippen molar-refractivity contribution in [1.29, 1.82) is 0 Å². The van der Waals surface area contributed by atoms with Crippen LogP contribution >= 0.6 is 11.3 Å². The van der Waals surface area contributed by atoms with Gasteiger partial charge >= 0.3 is 0 Å². The molecule has 0 saturated carbocycles. The van der Waals surface area contributed by atoms with Gasteiger partial charge in [-0.05, 0) is 85.7 Å². The molecule has 0 bridgehead atoms. The number of hydrogen-bond donors (Lipinski definition) is 1. The van der Waals surface area contributed by atoms with Gasteiger partial charge in [0.15, 0.2) is 17.1 Å². The molecule has 6 nitrogen and oxygen atoms in total. The minimum atomic E-state index is -0.0572. The summed E-state index contributed by atoms with van der Waals surface area (Å²) in [6, 6.07) is 17.6. The van der Waals surface area contributed by atoms with Gasteiger partial charge in [-0.1, -0.05) is 12.1 Å². The molecule has 0 unspecified atom stereocenters. The number of pyridine rings is 1. The van der Waals surface area contributed by atoms with Crippen molar-refractivity contribution in [3.63, 3.8) is 0 Å². The average Bonchev–Trinajstić information content (AvgIpc) is 3.58. The van der Waals surface area contributed by atoms with Gasteiger partial charge in [-0.3, -0.25) is 9.78 Å². The van der Waals surface area contributed by atoms with Gasteiger partial charge in [-0.15, -0.1) is 11.3 Å². The number of carbonyl (C=O) groups is 1. The minimum Gasteiger partial charge on any atom is -0.493 e. The SMILES string of the molecule is COc1ccc(-c2cc3nccc(-c4cccc(NC(=O)c5cc6c(s5)CCCC6)c4C)c3o2)cc1OC. The first kappa shape index (κ1) is 24.2. The second-order valence-corrected chi connectivity index (χ2v) is 10.6. The molecule has 38 heavy (non-hydrogen) atoms. The molecule has 3 heterocycles. The highest BCUT2D eigenvalue weighted by Gasteiger charge is 2.20. The van der Waals surface area contributed by atoms with Crippen LogP contribution in [0.4, 0.5) is 5.69 Å². The zero-order valence-electron chi connectivity index (χ0n) is 21.6. The molecule has 3 aromatic heterocycles. The van der Waals surface area contributed by atoms with Crippen molar-refractivity contribution in [2.45, 2.75) is 32.6 Å². The summed E-state index contributed by atoms with van der Waals surface area (Å²) in [6.45, 7) is 2.02. The number of thiophene rings is 1. The minimum absolute atomic E-state index is 0.0572. The van der Waals surface area contributed by atoms with Crippen LogP contribution in [0.15, 0.2) is 65.2 Å². The number of carbonyl (C=O) groups excluding carboxylic acids is 1. The number of furan rings is 1. The lowest BCUT2D eigenvalue weighted by Gasteiger charge is -2.12. The Kier molecular flexibility index (Phi) is 6.37. The predicted molar refractivity (Wildman–Crippen MR) is 152 cm³/mol. The van der Waals surface area contributed by atoms with Crippen LogP contribution in [-0.2, 0) is 12.8 Å². The second kappa shape index (κ2) is 9.99. The summed E-state index contributed by atoms with van der Waals surface area (Å²) in [5.74, 6) is 1.91. The maximum Gasteiger partial charge on any atom is 0.265 e. The molecule has 7 heteroatoms. The maximum atomic E-state index is 13.2. The molecule has 0 atom stereocenters. The van der Waals surface area contributed by atoms with E-state index in [2.05, 4.69) is 16.4 Å². The van der Waals surface area contributed by atoms with E-state index in [1.807, 2.05) is 55.5 Å². The number of anilines is 1. The van der Waals surface area contributed by atoms with Gasteiger partial charge in [0.1, 0.15) is 11.3 Å². The predicted octanol–water partition coefficient (Wildman–Crippen LogP) is 7.68. The van der Waals surface area contributed by atoms with Gasteiger partial charge in [0.25, 0.3) is 5.91 Å². The highest BCUT2D eigenvalue weighted by molar-refractivity contribution is 7.14. The van der Waals surface area contributed by atoms with Gasteiger partial charge in [-0.2, -0.15) is 0 Å². The standard InChI is InChI=1S/C31H28N2O4S/c1-18-21(8-6-9-23(18)33-31(34)29-16-20-7-4-5-10-28(20)38-29)22-13-14-32-24-17-26(37-30(22)24)19-11-12-25(35-2)27(15-19)36-3/h6,8-9,11-17H,4-5,7,10H2,1-3H3,(H,33,34). The highest BCUT2D eigenvalue weighted by atomic mass is 32.1. The third-order valence-corrected chi connectivity index (χ3v) is 8.41. The van der Waals surface area contributed by atoms with Crippen LogP contribution in [0.3, 0.4) is 0 Å². The lowest BCUT2D eigenvalue weighted by Crippen LogP contribution is -2.11. The first-order chi connectivity index (χ1) is 18.6. The number of amides is 1. The molecule has 0 radical (unpaired) electrons. The van der Waals surface area contributed by atoms with E-state index >= 15 is 0 Å². The number of nitrogens with zero attached hydrogens (tertiary/aromatic N) is 1. The van der Waals surface area contributed by atoms with E-state index < -0.39 is 0 Å². The van der Waals surface area contributed by atoms with E-state index in [1.165, 1.54) is 23.3 Å². The molecule has 192 valence electrons. The van der Waals surface area contributed by atoms with Crippen molar-refractivity contribution < 1.29 is 18.7 Å². The first-order valence-electron chi connectivity index (χ1n) is 12.7. The number of fused-ring (bicyclic) bond motifs is 2. The third kappa shape index (κ3) is 4.33. The number of hydrogen-bond acceptors (Lipinski definition) is 6. The Morgan fingerprint density at radius 1 is 0.974 bits per heavy atom. The molecule has 1 aliphatic rings. The highest BCUT2D eigenvalue weighted by Crippen LogP contribution is 2.39. The quantitative estimate of drug-likeness (QED) is 0.247. The number of aromatic nitrogens is 1. The third-order valence-electron chi connectivity index (χ3n) is 7.17. The molecule has 1 aliphatic carbocycles. The number of aryl methyl sites for hydroxylation is 2. The van der Waals surface area contributed by atoms with Crippen molar-refractivity contribution in [2.24, 2.45) is 0 Å². The van der Waals surface area contributed by atoms with Gasteiger partial charge in [0.05, 0.1) is 19.1 Å². The Hall–Kier alpha value is -4.10. The number of rotatable bonds is 6. The van der Waals surface area contributed by atoms with E-state index in [-0.39, 0.29) is 5.91 Å². The summed E-state index contributed by atoms with van der Waals surface area (Å²) in [6.07, 6.45) is 6.34. The Labute approximate surface area is 225 Å². The monoisotopic (exact) mass is 524 g/mol. The molecule has 6 rings (SSSR count). The van der Waals surface area contributed by atoms with Crippen molar-refractivity contribution in [3.05, 3.63) is 81.7 Å². The fourth-order valence-corrected chi connectivity index (χ4v) is 6.28. The van der Waals surface area contributed by atoms with Crippen LogP contribution in [0.1, 0.15) is 38.5 Å². The molecule has 0 aliphatic heterocycles. The van der Waals surface area contributed by atoms with E-state index in [4.69, 9.17) is 13.9 Å². The number of methoxy groups -OCH3 is 2. The maximum absolute atomic E-state index is 13.2. The Morgan fingerprint density at radius 3 is 2.63 bits per heavy atom. The Morgan fingerprint density at radius 2 is 1.82 bits per heavy atom. The first-order valence-corrected chi connectivity index (χ1v) is 13.5. The number of benzene rings is 2. The number of ether oxygens (including phenoxy) is 2. The smallest absolute Gasteiger partial charge is 0.265 e. The van der Waals surface area contributed by atoms with E-state index in [9.17, 15) is 4.79 Å². The fraction of sp³-hybridized carbons (Fsp3) is 0.226. The van der Waals surface area contributed by atoms with Crippen LogP contribution in [0.25, 0.3) is 33.6 Å². The summed E-state index contributed by atoms with van der Waals surface area (Å²) >= 11 is 1.62. The molecule has 1 amide bonds. The molecular formula is C31H28N2O4S. The van der Waals surface area contributed by atoms with Crippen LogP contribution in [-0.4, -0.2) is 25.1 Å². The Bertz CT molecular complexity index is 1640. The summed E-state index contributed by atoms with van der Waals surface area (Å²) in [7, 11) is 3.22. The second-order valence-electron chi connectivity index (χ2n) is 9.45. The molecule has 0 saturated heterocycles. The van der Waals surface area contributed by atoms with Gasteiger partial charge in [0, 0.05) is 34.0 Å². The Balaban J connectivity index is 1.34. The topological polar surface area (TPSA) is 73.6 Å². The molecular weight excluding hydrogens is 496 g/mol. The normalized spacial score (nSPS) is 12.8. The van der Waals surface area contributed by atoms with Gasteiger partial charge < -0.3 is 19.2 Å². The van der Waals surface area contributed by atoms with Gasteiger partial charge in [-0.25, -0.2) is 0 Å². The van der Waals surface area contributed by atoms with Crippen LogP contribution in [0.2, 0.25) is 0 Å². The molecule has 0 fully saturated rings. The van der Waals surface area contributed by atoms with E-state index in [1.54, 1.807) is 31.8 Å². The fourth-order valence-electron chi connectivity index (χ4n) is 5.13. The lowest BCUT2D eigenvalue weighted by atomic mass is 9.98. The molecule has 1 N–H and O–H groups in total. The molecule has 2 aromatic carbocycles. The average molecular weight is 525 g/mol. The van der Waals surface area contributed by atoms with Crippen molar-refractivity contribution >= 4 is 34.0 Å². The summed E-state index contributed by atoms with van der Waals surface area (Å²) < 4.78 is 17.2. The van der Waals surface area contributed by atoms with E-state index in [0.717, 1.165) is 51.2 Å². The largest absolute Gasteiger partial charge is 0.493 e. The lowest BCUT2D eigenvalue weighted by molar-refractivity contribution is 0.103. The molecule has 5 aromatic rings. The zero-order valence-corrected chi connectivity index (χ0v) is 22.4. The van der Waals surface area contributed by atoms with Crippen LogP contribution < -0.4 is 14.8 Å².